The Morgan fingerprint density at radius 1 is 1.50 bits per heavy atom. The van der Waals surface area contributed by atoms with Gasteiger partial charge in [0, 0.05) is 12.2 Å². The largest absolute Gasteiger partial charge is 0.303 e. The molecule has 0 aliphatic heterocycles. The molecule has 0 saturated carbocycles. The molecular formula is C11H13N3OS. The molecule has 0 saturated heterocycles. The minimum Gasteiger partial charge on any atom is -0.303 e. The number of nitrogens with one attached hydrogen (secondary N) is 1. The fourth-order valence-corrected chi connectivity index (χ4v) is 2.22. The maximum Gasteiger partial charge on any atom is 0.261 e. The fourth-order valence-electron chi connectivity index (χ4n) is 1.91. The summed E-state index contributed by atoms with van der Waals surface area (Å²) in [6.45, 7) is 6.50. The van der Waals surface area contributed by atoms with Crippen molar-refractivity contribution in [2.24, 2.45) is 0 Å². The van der Waals surface area contributed by atoms with E-state index in [1.54, 1.807) is 0 Å². The van der Waals surface area contributed by atoms with Crippen molar-refractivity contribution in [3.8, 4) is 0 Å². The quantitative estimate of drug-likeness (QED) is 0.770. The molecule has 2 aromatic rings. The lowest BCUT2D eigenvalue weighted by atomic mass is 10.2. The van der Waals surface area contributed by atoms with Gasteiger partial charge in [-0.1, -0.05) is 0 Å². The predicted octanol–water partition coefficient (Wildman–Crippen LogP) is 2.09. The molecule has 2 heterocycles. The molecule has 0 atom stereocenters. The van der Waals surface area contributed by atoms with Gasteiger partial charge >= 0.3 is 0 Å². The molecule has 2 rings (SSSR count). The van der Waals surface area contributed by atoms with Crippen LogP contribution in [0.4, 0.5) is 0 Å². The van der Waals surface area contributed by atoms with Crippen LogP contribution < -0.4 is 5.56 Å². The van der Waals surface area contributed by atoms with Crippen molar-refractivity contribution in [3.05, 3.63) is 32.4 Å². The summed E-state index contributed by atoms with van der Waals surface area (Å²) >= 11 is 5.12. The second kappa shape index (κ2) is 3.83. The monoisotopic (exact) mass is 235 g/mol. The Kier molecular flexibility index (Phi) is 2.63. The first kappa shape index (κ1) is 11.0. The number of fused-ring (bicyclic) bond motifs is 1. The van der Waals surface area contributed by atoms with Gasteiger partial charge in [0.25, 0.3) is 5.56 Å². The number of nitrogens with zero attached hydrogens (tertiary/aromatic N) is 2. The first-order chi connectivity index (χ1) is 7.54. The molecule has 0 aromatic carbocycles. The van der Waals surface area contributed by atoms with Gasteiger partial charge < -0.3 is 4.57 Å². The zero-order valence-corrected chi connectivity index (χ0v) is 10.3. The Morgan fingerprint density at radius 2 is 2.19 bits per heavy atom. The summed E-state index contributed by atoms with van der Waals surface area (Å²) in [5, 5.41) is 0.626. The Morgan fingerprint density at radius 3 is 2.81 bits per heavy atom. The molecule has 0 aliphatic rings. The van der Waals surface area contributed by atoms with Gasteiger partial charge in [0.1, 0.15) is 5.65 Å². The van der Waals surface area contributed by atoms with Gasteiger partial charge in [-0.05, 0) is 44.6 Å². The lowest BCUT2D eigenvalue weighted by molar-refractivity contribution is 0.738. The van der Waals surface area contributed by atoms with E-state index in [-0.39, 0.29) is 5.56 Å². The van der Waals surface area contributed by atoms with Crippen LogP contribution in [-0.2, 0) is 6.54 Å². The summed E-state index contributed by atoms with van der Waals surface area (Å²) in [7, 11) is 0. The third kappa shape index (κ3) is 1.57. The highest BCUT2D eigenvalue weighted by Crippen LogP contribution is 2.13. The van der Waals surface area contributed by atoms with Crippen LogP contribution in [0.25, 0.3) is 11.0 Å². The number of H-pyrrole nitrogens is 1. The molecule has 0 bridgehead atoms. The van der Waals surface area contributed by atoms with Crippen LogP contribution >= 0.6 is 12.2 Å². The topological polar surface area (TPSA) is 50.7 Å². The van der Waals surface area contributed by atoms with Crippen LogP contribution in [0.1, 0.15) is 18.2 Å². The van der Waals surface area contributed by atoms with Gasteiger partial charge in [0.05, 0.1) is 5.39 Å². The molecule has 0 spiro atoms. The molecule has 0 unspecified atom stereocenters. The average molecular weight is 235 g/mol. The molecule has 16 heavy (non-hydrogen) atoms. The van der Waals surface area contributed by atoms with Gasteiger partial charge in [-0.3, -0.25) is 9.78 Å². The lowest BCUT2D eigenvalue weighted by Gasteiger charge is -2.09. The van der Waals surface area contributed by atoms with E-state index in [9.17, 15) is 4.79 Å². The number of pyridine rings is 1. The smallest absolute Gasteiger partial charge is 0.261 e. The molecule has 0 radical (unpaired) electrons. The molecule has 5 heteroatoms. The maximum absolute atomic E-state index is 11.8. The summed E-state index contributed by atoms with van der Waals surface area (Å²) in [5.41, 5.74) is 2.34. The van der Waals surface area contributed by atoms with Crippen LogP contribution in [-0.4, -0.2) is 14.5 Å². The van der Waals surface area contributed by atoms with Crippen molar-refractivity contribution in [1.29, 1.82) is 0 Å². The normalized spacial score (nSPS) is 10.9. The standard InChI is InChI=1S/C11H13N3OS/c1-4-14-9-8(10(15)13-11(14)16)6(2)5-7(3)12-9/h5H,4H2,1-3H3,(H,13,15,16). The zero-order valence-electron chi connectivity index (χ0n) is 9.50. The van der Waals surface area contributed by atoms with E-state index in [0.29, 0.717) is 22.3 Å². The summed E-state index contributed by atoms with van der Waals surface area (Å²) in [5.74, 6) is 0. The van der Waals surface area contributed by atoms with Crippen molar-refractivity contribution in [2.45, 2.75) is 27.3 Å². The Balaban J connectivity index is 3.12. The van der Waals surface area contributed by atoms with Crippen molar-refractivity contribution >= 4 is 23.3 Å². The third-order valence-corrected chi connectivity index (χ3v) is 2.91. The predicted molar refractivity (Wildman–Crippen MR) is 66.3 cm³/mol. The second-order valence-corrected chi connectivity index (χ2v) is 4.17. The van der Waals surface area contributed by atoms with Gasteiger partial charge in [-0.2, -0.15) is 0 Å². The number of aromatic amines is 1. The molecule has 0 fully saturated rings. The van der Waals surface area contributed by atoms with E-state index in [4.69, 9.17) is 12.2 Å². The highest BCUT2D eigenvalue weighted by atomic mass is 32.1. The summed E-state index contributed by atoms with van der Waals surface area (Å²) < 4.78 is 2.27. The van der Waals surface area contributed by atoms with E-state index >= 15 is 0 Å². The van der Waals surface area contributed by atoms with E-state index in [1.165, 1.54) is 0 Å². The van der Waals surface area contributed by atoms with Crippen LogP contribution in [0.5, 0.6) is 0 Å². The molecule has 0 amide bonds. The summed E-state index contributed by atoms with van der Waals surface area (Å²) in [4.78, 5) is 18.9. The van der Waals surface area contributed by atoms with Gasteiger partial charge in [0.2, 0.25) is 0 Å². The van der Waals surface area contributed by atoms with Crippen molar-refractivity contribution in [1.82, 2.24) is 14.5 Å². The third-order valence-electron chi connectivity index (χ3n) is 2.59. The average Bonchev–Trinajstić information content (AvgIpc) is 2.15. The van der Waals surface area contributed by atoms with Crippen LogP contribution in [0, 0.1) is 18.6 Å². The van der Waals surface area contributed by atoms with Crippen LogP contribution in [0.15, 0.2) is 10.9 Å². The first-order valence-electron chi connectivity index (χ1n) is 5.15. The minimum absolute atomic E-state index is 0.158. The minimum atomic E-state index is -0.158. The fraction of sp³-hybridized carbons (Fsp3) is 0.364. The van der Waals surface area contributed by atoms with E-state index in [0.717, 1.165) is 11.3 Å². The molecule has 0 aliphatic carbocycles. The maximum atomic E-state index is 11.8. The Labute approximate surface area is 98.0 Å². The summed E-state index contributed by atoms with van der Waals surface area (Å²) in [6.07, 6.45) is 0. The Bertz CT molecular complexity index is 669. The summed E-state index contributed by atoms with van der Waals surface area (Å²) in [6, 6.07) is 1.90. The molecular weight excluding hydrogens is 222 g/mol. The van der Waals surface area contributed by atoms with Crippen molar-refractivity contribution < 1.29 is 0 Å². The van der Waals surface area contributed by atoms with Gasteiger partial charge in [-0.25, -0.2) is 4.98 Å². The number of hydrogen-bond donors (Lipinski definition) is 1. The van der Waals surface area contributed by atoms with Crippen molar-refractivity contribution in [3.63, 3.8) is 0 Å². The molecule has 84 valence electrons. The van der Waals surface area contributed by atoms with E-state index < -0.39 is 0 Å². The van der Waals surface area contributed by atoms with Gasteiger partial charge in [0.15, 0.2) is 4.77 Å². The molecule has 4 nitrogen and oxygen atoms in total. The highest BCUT2D eigenvalue weighted by Gasteiger charge is 2.08. The number of rotatable bonds is 1. The second-order valence-electron chi connectivity index (χ2n) is 3.78. The van der Waals surface area contributed by atoms with Crippen LogP contribution in [0.3, 0.4) is 0 Å². The number of aromatic nitrogens is 3. The van der Waals surface area contributed by atoms with Gasteiger partial charge in [-0.15, -0.1) is 0 Å². The van der Waals surface area contributed by atoms with E-state index in [2.05, 4.69) is 9.97 Å². The lowest BCUT2D eigenvalue weighted by Crippen LogP contribution is -2.16. The first-order valence-corrected chi connectivity index (χ1v) is 5.56. The number of aryl methyl sites for hydroxylation is 3. The number of hydrogen-bond acceptors (Lipinski definition) is 3. The molecule has 2 aromatic heterocycles. The highest BCUT2D eigenvalue weighted by molar-refractivity contribution is 7.71. The van der Waals surface area contributed by atoms with E-state index in [1.807, 2.05) is 31.4 Å². The zero-order chi connectivity index (χ0) is 11.9. The van der Waals surface area contributed by atoms with Crippen molar-refractivity contribution in [2.75, 3.05) is 0 Å². The SMILES string of the molecule is CCn1c(=S)[nH]c(=O)c2c(C)cc(C)nc21. The van der Waals surface area contributed by atoms with Crippen LogP contribution in [0.2, 0.25) is 0 Å². The molecule has 1 N–H and O–H groups in total. The Hall–Kier alpha value is -1.49.